The summed E-state index contributed by atoms with van der Waals surface area (Å²) in [4.78, 5) is 13.5. The van der Waals surface area contributed by atoms with Gasteiger partial charge in [0.2, 0.25) is 0 Å². The predicted molar refractivity (Wildman–Crippen MR) is 67.1 cm³/mol. The van der Waals surface area contributed by atoms with Crippen molar-refractivity contribution in [2.45, 2.75) is 38.5 Å². The number of hydrogen-bond acceptors (Lipinski definition) is 4. The van der Waals surface area contributed by atoms with Crippen LogP contribution in [0.4, 0.5) is 0 Å². The zero-order chi connectivity index (χ0) is 11.4. The molecular formula is C10H17NO2S2. The van der Waals surface area contributed by atoms with E-state index in [0.717, 1.165) is 23.8 Å². The summed E-state index contributed by atoms with van der Waals surface area (Å²) in [5, 5.41) is -0.104. The van der Waals surface area contributed by atoms with E-state index in [1.165, 1.54) is 11.8 Å². The molecule has 0 bridgehead atoms. The van der Waals surface area contributed by atoms with Gasteiger partial charge in [-0.3, -0.25) is 4.79 Å². The van der Waals surface area contributed by atoms with Gasteiger partial charge in [0.15, 0.2) is 0 Å². The number of carbonyl (C=O) groups excluding carboxylic acids is 1. The first kappa shape index (κ1) is 12.8. The second-order valence-electron chi connectivity index (χ2n) is 3.53. The number of ether oxygens (including phenoxy) is 1. The number of carbonyl (C=O) groups is 1. The standard InChI is InChI=1S/C10H17NO2S2/c1-4-11(5-2)10(14)15-8-6-7(3)13-9(8)12/h7-8H,4-6H2,1-3H3/t7-,8+/m0/s1. The molecule has 0 radical (unpaired) electrons. The van der Waals surface area contributed by atoms with Crippen LogP contribution in [0.1, 0.15) is 27.2 Å². The summed E-state index contributed by atoms with van der Waals surface area (Å²) in [5.41, 5.74) is 0. The van der Waals surface area contributed by atoms with Crippen molar-refractivity contribution in [2.75, 3.05) is 13.1 Å². The van der Waals surface area contributed by atoms with E-state index >= 15 is 0 Å². The average molecular weight is 247 g/mol. The third kappa shape index (κ3) is 3.34. The van der Waals surface area contributed by atoms with E-state index in [-0.39, 0.29) is 17.3 Å². The monoisotopic (exact) mass is 247 g/mol. The molecule has 0 N–H and O–H groups in total. The van der Waals surface area contributed by atoms with E-state index in [2.05, 4.69) is 18.7 Å². The molecule has 0 aromatic heterocycles. The van der Waals surface area contributed by atoms with Crippen LogP contribution in [0.2, 0.25) is 0 Å². The predicted octanol–water partition coefficient (Wildman–Crippen LogP) is 2.05. The highest BCUT2D eigenvalue weighted by molar-refractivity contribution is 8.23. The van der Waals surface area contributed by atoms with Gasteiger partial charge in [-0.2, -0.15) is 0 Å². The number of thiocarbonyl (C=S) groups is 1. The van der Waals surface area contributed by atoms with Crippen LogP contribution in [-0.4, -0.2) is 39.6 Å². The third-order valence-corrected chi connectivity index (χ3v) is 4.07. The molecule has 1 fully saturated rings. The van der Waals surface area contributed by atoms with Gasteiger partial charge in [0.25, 0.3) is 0 Å². The van der Waals surface area contributed by atoms with Gasteiger partial charge in [-0.15, -0.1) is 0 Å². The van der Waals surface area contributed by atoms with Gasteiger partial charge in [0.1, 0.15) is 15.7 Å². The number of thioether (sulfide) groups is 1. The molecule has 0 saturated carbocycles. The SMILES string of the molecule is CCN(CC)C(=S)S[C@@H]1C[C@H](C)OC1=O. The summed E-state index contributed by atoms with van der Waals surface area (Å²) in [5.74, 6) is -0.123. The van der Waals surface area contributed by atoms with Crippen molar-refractivity contribution < 1.29 is 9.53 Å². The largest absolute Gasteiger partial charge is 0.462 e. The fraction of sp³-hybridized carbons (Fsp3) is 0.800. The zero-order valence-electron chi connectivity index (χ0n) is 9.36. The van der Waals surface area contributed by atoms with Gasteiger partial charge in [-0.1, -0.05) is 24.0 Å². The van der Waals surface area contributed by atoms with E-state index in [4.69, 9.17) is 17.0 Å². The Morgan fingerprint density at radius 2 is 2.20 bits per heavy atom. The maximum Gasteiger partial charge on any atom is 0.319 e. The highest BCUT2D eigenvalue weighted by Gasteiger charge is 2.33. The first-order chi connectivity index (χ1) is 7.08. The van der Waals surface area contributed by atoms with Crippen LogP contribution in [-0.2, 0) is 9.53 Å². The van der Waals surface area contributed by atoms with Crippen molar-refractivity contribution in [1.82, 2.24) is 4.90 Å². The van der Waals surface area contributed by atoms with E-state index in [0.29, 0.717) is 0 Å². The lowest BCUT2D eigenvalue weighted by Crippen LogP contribution is -2.29. The Kier molecular flexibility index (Phi) is 4.86. The smallest absolute Gasteiger partial charge is 0.319 e. The van der Waals surface area contributed by atoms with Crippen LogP contribution >= 0.6 is 24.0 Å². The molecule has 1 aliphatic rings. The molecule has 1 heterocycles. The molecule has 15 heavy (non-hydrogen) atoms. The minimum atomic E-state index is -0.123. The van der Waals surface area contributed by atoms with Gasteiger partial charge in [-0.25, -0.2) is 0 Å². The lowest BCUT2D eigenvalue weighted by molar-refractivity contribution is -0.140. The molecule has 2 atom stereocenters. The second kappa shape index (κ2) is 5.70. The van der Waals surface area contributed by atoms with Crippen molar-refractivity contribution >= 4 is 34.3 Å². The quantitative estimate of drug-likeness (QED) is 0.562. The van der Waals surface area contributed by atoms with Crippen molar-refractivity contribution in [3.05, 3.63) is 0 Å². The Hall–Kier alpha value is -0.290. The number of cyclic esters (lactones) is 1. The van der Waals surface area contributed by atoms with Gasteiger partial charge in [-0.05, 0) is 20.8 Å². The second-order valence-corrected chi connectivity index (χ2v) is 5.36. The molecule has 3 nitrogen and oxygen atoms in total. The highest BCUT2D eigenvalue weighted by atomic mass is 32.2. The summed E-state index contributed by atoms with van der Waals surface area (Å²) < 4.78 is 5.89. The molecule has 1 saturated heterocycles. The van der Waals surface area contributed by atoms with Gasteiger partial charge < -0.3 is 9.64 Å². The van der Waals surface area contributed by atoms with E-state index in [9.17, 15) is 4.79 Å². The number of nitrogens with zero attached hydrogens (tertiary/aromatic N) is 1. The Bertz CT molecular complexity index is 254. The lowest BCUT2D eigenvalue weighted by Gasteiger charge is -2.21. The van der Waals surface area contributed by atoms with Crippen LogP contribution in [0, 0.1) is 0 Å². The van der Waals surface area contributed by atoms with Crippen LogP contribution in [0.15, 0.2) is 0 Å². The van der Waals surface area contributed by atoms with Crippen LogP contribution in [0.3, 0.4) is 0 Å². The Morgan fingerprint density at radius 3 is 2.60 bits per heavy atom. The molecule has 1 aliphatic heterocycles. The topological polar surface area (TPSA) is 29.5 Å². The summed E-state index contributed by atoms with van der Waals surface area (Å²) in [6, 6.07) is 0. The summed E-state index contributed by atoms with van der Waals surface area (Å²) in [6.45, 7) is 7.82. The first-order valence-electron chi connectivity index (χ1n) is 5.24. The van der Waals surface area contributed by atoms with Gasteiger partial charge >= 0.3 is 5.97 Å². The normalized spacial score (nSPS) is 25.1. The summed E-state index contributed by atoms with van der Waals surface area (Å²) >= 11 is 6.74. The average Bonchev–Trinajstić information content (AvgIpc) is 2.47. The molecule has 1 rings (SSSR count). The first-order valence-corrected chi connectivity index (χ1v) is 6.53. The zero-order valence-corrected chi connectivity index (χ0v) is 11.0. The van der Waals surface area contributed by atoms with E-state index < -0.39 is 0 Å². The van der Waals surface area contributed by atoms with E-state index in [1.54, 1.807) is 0 Å². The highest BCUT2D eigenvalue weighted by Crippen LogP contribution is 2.28. The molecule has 0 amide bonds. The van der Waals surface area contributed by atoms with Crippen LogP contribution in [0.25, 0.3) is 0 Å². The molecule has 0 aromatic rings. The minimum Gasteiger partial charge on any atom is -0.462 e. The Balaban J connectivity index is 2.47. The fourth-order valence-electron chi connectivity index (χ4n) is 1.49. The number of esters is 1. The minimum absolute atomic E-state index is 0.0366. The lowest BCUT2D eigenvalue weighted by atomic mass is 10.3. The molecule has 0 unspecified atom stereocenters. The fourth-order valence-corrected chi connectivity index (χ4v) is 3.27. The van der Waals surface area contributed by atoms with Crippen LogP contribution in [0.5, 0.6) is 0 Å². The number of rotatable bonds is 3. The third-order valence-electron chi connectivity index (χ3n) is 2.39. The molecule has 0 spiro atoms. The molecular weight excluding hydrogens is 230 g/mol. The van der Waals surface area contributed by atoms with Crippen molar-refractivity contribution in [1.29, 1.82) is 0 Å². The maximum atomic E-state index is 11.4. The van der Waals surface area contributed by atoms with Gasteiger partial charge in [0, 0.05) is 19.5 Å². The molecule has 0 aliphatic carbocycles. The van der Waals surface area contributed by atoms with Crippen LogP contribution < -0.4 is 0 Å². The maximum absolute atomic E-state index is 11.4. The summed E-state index contributed by atoms with van der Waals surface area (Å²) in [7, 11) is 0. The van der Waals surface area contributed by atoms with Crippen molar-refractivity contribution in [3.8, 4) is 0 Å². The number of hydrogen-bond donors (Lipinski definition) is 0. The molecule has 86 valence electrons. The van der Waals surface area contributed by atoms with E-state index in [1.807, 2.05) is 6.92 Å². The Labute approximate surface area is 101 Å². The van der Waals surface area contributed by atoms with Crippen molar-refractivity contribution in [3.63, 3.8) is 0 Å². The van der Waals surface area contributed by atoms with Gasteiger partial charge in [0.05, 0.1) is 0 Å². The molecule has 5 heteroatoms. The van der Waals surface area contributed by atoms with Crippen molar-refractivity contribution in [2.24, 2.45) is 0 Å². The Morgan fingerprint density at radius 1 is 1.60 bits per heavy atom. The molecule has 0 aromatic carbocycles. The summed E-state index contributed by atoms with van der Waals surface area (Å²) in [6.07, 6.45) is 0.805.